The Morgan fingerprint density at radius 3 is 2.69 bits per heavy atom. The fourth-order valence-electron chi connectivity index (χ4n) is 1.06. The Morgan fingerprint density at radius 2 is 2.23 bits per heavy atom. The van der Waals surface area contributed by atoms with Crippen LogP contribution < -0.4 is 0 Å². The molecule has 1 aromatic heterocycles. The van der Waals surface area contributed by atoms with E-state index in [0.717, 1.165) is 0 Å². The lowest BCUT2D eigenvalue weighted by Crippen LogP contribution is -1.99. The third-order valence-corrected chi connectivity index (χ3v) is 2.13. The van der Waals surface area contributed by atoms with Crippen molar-refractivity contribution >= 4 is 18.5 Å². The molecule has 0 atom stereocenters. The summed E-state index contributed by atoms with van der Waals surface area (Å²) in [5.74, 6) is -0.160. The molecule has 1 heterocycles. The van der Waals surface area contributed by atoms with E-state index in [2.05, 4.69) is 4.98 Å². The number of aromatic amines is 1. The Bertz CT molecular complexity index is 397. The van der Waals surface area contributed by atoms with Crippen molar-refractivity contribution in [3.05, 3.63) is 21.5 Å². The number of carbonyl (C=O) groups is 1. The molecular weight excluding hydrogens is 190 g/mol. The van der Waals surface area contributed by atoms with Crippen LogP contribution >= 0.6 is 12.2 Å². The van der Waals surface area contributed by atoms with Crippen molar-refractivity contribution in [1.82, 2.24) is 4.98 Å². The smallest absolute Gasteiger partial charge is 0.154 e. The summed E-state index contributed by atoms with van der Waals surface area (Å²) in [7, 11) is 0. The molecule has 0 amide bonds. The average molecular weight is 199 g/mol. The minimum Gasteiger partial charge on any atom is -0.505 e. The molecule has 5 heteroatoms. The zero-order valence-corrected chi connectivity index (χ0v) is 7.81. The summed E-state index contributed by atoms with van der Waals surface area (Å²) in [6.07, 6.45) is 0.484. The molecule has 3 N–H and O–H groups in total. The number of aromatic nitrogens is 1. The molecule has 0 unspecified atom stereocenters. The van der Waals surface area contributed by atoms with Crippen molar-refractivity contribution in [2.75, 3.05) is 0 Å². The molecule has 70 valence electrons. The summed E-state index contributed by atoms with van der Waals surface area (Å²) < 4.78 is 0.278. The molecule has 0 aliphatic heterocycles. The van der Waals surface area contributed by atoms with Gasteiger partial charge in [-0.3, -0.25) is 4.79 Å². The molecule has 1 aromatic rings. The lowest BCUT2D eigenvalue weighted by Gasteiger charge is -2.06. The van der Waals surface area contributed by atoms with E-state index in [4.69, 9.17) is 17.3 Å². The van der Waals surface area contributed by atoms with Gasteiger partial charge in [0.05, 0.1) is 17.9 Å². The molecule has 13 heavy (non-hydrogen) atoms. The Balaban J connectivity index is 3.60. The molecule has 4 nitrogen and oxygen atoms in total. The second-order valence-electron chi connectivity index (χ2n) is 2.60. The summed E-state index contributed by atoms with van der Waals surface area (Å²) >= 11 is 4.87. The van der Waals surface area contributed by atoms with E-state index in [9.17, 15) is 9.90 Å². The van der Waals surface area contributed by atoms with E-state index in [1.54, 1.807) is 6.92 Å². The zero-order valence-electron chi connectivity index (χ0n) is 7.00. The number of aliphatic hydroxyl groups is 1. The van der Waals surface area contributed by atoms with Crippen LogP contribution in [0.25, 0.3) is 0 Å². The first-order chi connectivity index (χ1) is 6.11. The highest BCUT2D eigenvalue weighted by atomic mass is 32.1. The fraction of sp³-hybridized carbons (Fsp3) is 0.250. The quantitative estimate of drug-likeness (QED) is 0.492. The van der Waals surface area contributed by atoms with Crippen LogP contribution in [0.15, 0.2) is 0 Å². The van der Waals surface area contributed by atoms with Crippen molar-refractivity contribution in [1.29, 1.82) is 0 Å². The normalized spacial score (nSPS) is 10.0. The van der Waals surface area contributed by atoms with Gasteiger partial charge in [-0.25, -0.2) is 0 Å². The van der Waals surface area contributed by atoms with Crippen LogP contribution in [0.2, 0.25) is 0 Å². The number of rotatable bonds is 2. The average Bonchev–Trinajstić information content (AvgIpc) is 2.10. The summed E-state index contributed by atoms with van der Waals surface area (Å²) in [6.45, 7) is 1.23. The number of aryl methyl sites for hydroxylation is 1. The van der Waals surface area contributed by atoms with Crippen LogP contribution in [0.5, 0.6) is 5.75 Å². The largest absolute Gasteiger partial charge is 0.505 e. The molecule has 0 bridgehead atoms. The van der Waals surface area contributed by atoms with Crippen molar-refractivity contribution in [3.8, 4) is 5.75 Å². The van der Waals surface area contributed by atoms with Crippen molar-refractivity contribution in [3.63, 3.8) is 0 Å². The van der Waals surface area contributed by atoms with Gasteiger partial charge in [0, 0.05) is 5.56 Å². The SMILES string of the molecule is Cc1[nH]c(=S)c(CO)c(C=O)c1O. The van der Waals surface area contributed by atoms with Gasteiger partial charge in [0.15, 0.2) is 6.29 Å². The number of pyridine rings is 1. The lowest BCUT2D eigenvalue weighted by atomic mass is 10.1. The Hall–Kier alpha value is -1.20. The van der Waals surface area contributed by atoms with Crippen LogP contribution in [0.1, 0.15) is 21.6 Å². The summed E-state index contributed by atoms with van der Waals surface area (Å²) in [6, 6.07) is 0. The Morgan fingerprint density at radius 1 is 1.62 bits per heavy atom. The zero-order chi connectivity index (χ0) is 10.0. The number of aliphatic hydroxyl groups excluding tert-OH is 1. The number of aromatic hydroxyl groups is 1. The monoisotopic (exact) mass is 199 g/mol. The van der Waals surface area contributed by atoms with Gasteiger partial charge in [0.25, 0.3) is 0 Å². The molecule has 0 radical (unpaired) electrons. The van der Waals surface area contributed by atoms with E-state index in [0.29, 0.717) is 12.0 Å². The lowest BCUT2D eigenvalue weighted by molar-refractivity contribution is 0.111. The predicted octanol–water partition coefficient (Wildman–Crippen LogP) is 1.06. The van der Waals surface area contributed by atoms with E-state index in [-0.39, 0.29) is 28.1 Å². The summed E-state index contributed by atoms with van der Waals surface area (Å²) in [5, 5.41) is 18.3. The van der Waals surface area contributed by atoms with Crippen LogP contribution in [-0.2, 0) is 6.61 Å². The molecule has 0 fully saturated rings. The van der Waals surface area contributed by atoms with E-state index in [1.807, 2.05) is 0 Å². The topological polar surface area (TPSA) is 73.3 Å². The van der Waals surface area contributed by atoms with Gasteiger partial charge < -0.3 is 15.2 Å². The maximum absolute atomic E-state index is 10.6. The van der Waals surface area contributed by atoms with Gasteiger partial charge in [0.1, 0.15) is 10.4 Å². The van der Waals surface area contributed by atoms with Crippen molar-refractivity contribution < 1.29 is 15.0 Å². The van der Waals surface area contributed by atoms with Crippen LogP contribution in [0.3, 0.4) is 0 Å². The first kappa shape index (κ1) is 9.88. The Kier molecular flexibility index (Phi) is 2.79. The minimum absolute atomic E-state index is 0.0590. The first-order valence-electron chi connectivity index (χ1n) is 3.62. The second kappa shape index (κ2) is 3.68. The molecular formula is C8H9NO3S. The number of nitrogens with one attached hydrogen (secondary N) is 1. The number of hydrogen-bond donors (Lipinski definition) is 3. The van der Waals surface area contributed by atoms with E-state index >= 15 is 0 Å². The number of carbonyl (C=O) groups excluding carboxylic acids is 1. The molecule has 0 aliphatic carbocycles. The number of hydrogen-bond acceptors (Lipinski definition) is 4. The van der Waals surface area contributed by atoms with Gasteiger partial charge in [-0.1, -0.05) is 12.2 Å². The highest BCUT2D eigenvalue weighted by molar-refractivity contribution is 7.71. The maximum atomic E-state index is 10.6. The maximum Gasteiger partial charge on any atom is 0.154 e. The van der Waals surface area contributed by atoms with Gasteiger partial charge in [-0.15, -0.1) is 0 Å². The van der Waals surface area contributed by atoms with E-state index < -0.39 is 0 Å². The van der Waals surface area contributed by atoms with Crippen LogP contribution in [0.4, 0.5) is 0 Å². The molecule has 0 spiro atoms. The molecule has 0 aliphatic rings. The molecule has 1 rings (SSSR count). The van der Waals surface area contributed by atoms with Gasteiger partial charge in [-0.2, -0.15) is 0 Å². The third kappa shape index (κ3) is 1.61. The summed E-state index contributed by atoms with van der Waals surface area (Å²) in [5.41, 5.74) is 0.737. The van der Waals surface area contributed by atoms with Gasteiger partial charge in [0.2, 0.25) is 0 Å². The fourth-order valence-corrected chi connectivity index (χ4v) is 1.38. The van der Waals surface area contributed by atoms with Crippen LogP contribution in [-0.4, -0.2) is 21.5 Å². The molecule has 0 aromatic carbocycles. The van der Waals surface area contributed by atoms with Gasteiger partial charge >= 0.3 is 0 Å². The Labute approximate surface area is 79.9 Å². The molecule has 0 saturated carbocycles. The highest BCUT2D eigenvalue weighted by Gasteiger charge is 2.11. The molecule has 0 saturated heterocycles. The highest BCUT2D eigenvalue weighted by Crippen LogP contribution is 2.22. The van der Waals surface area contributed by atoms with Crippen LogP contribution in [0, 0.1) is 11.6 Å². The third-order valence-electron chi connectivity index (χ3n) is 1.79. The van der Waals surface area contributed by atoms with E-state index in [1.165, 1.54) is 0 Å². The van der Waals surface area contributed by atoms with Crippen molar-refractivity contribution in [2.24, 2.45) is 0 Å². The van der Waals surface area contributed by atoms with Crippen molar-refractivity contribution in [2.45, 2.75) is 13.5 Å². The first-order valence-corrected chi connectivity index (χ1v) is 4.03. The minimum atomic E-state index is -0.364. The predicted molar refractivity (Wildman–Crippen MR) is 49.3 cm³/mol. The standard InChI is InChI=1S/C8H9NO3S/c1-4-7(12)5(2-10)6(3-11)8(13)9-4/h2,11-12H,3H2,1H3,(H,9,13). The number of aldehydes is 1. The summed E-state index contributed by atoms with van der Waals surface area (Å²) in [4.78, 5) is 13.3. The van der Waals surface area contributed by atoms with Gasteiger partial charge in [-0.05, 0) is 6.92 Å². The second-order valence-corrected chi connectivity index (χ2v) is 3.00. The number of H-pyrrole nitrogens is 1.